The summed E-state index contributed by atoms with van der Waals surface area (Å²) >= 11 is 5.91. The van der Waals surface area contributed by atoms with Gasteiger partial charge in [0.2, 0.25) is 11.6 Å². The maximum absolute atomic E-state index is 13.0. The van der Waals surface area contributed by atoms with Crippen molar-refractivity contribution in [3.05, 3.63) is 80.9 Å². The molecule has 0 radical (unpaired) electrons. The molecule has 0 fully saturated rings. The zero-order valence-corrected chi connectivity index (χ0v) is 16.3. The molecule has 0 saturated carbocycles. The van der Waals surface area contributed by atoms with Gasteiger partial charge in [-0.15, -0.1) is 0 Å². The third-order valence-corrected chi connectivity index (χ3v) is 4.28. The first-order valence-electron chi connectivity index (χ1n) is 8.51. The highest BCUT2D eigenvalue weighted by atomic mass is 35.5. The van der Waals surface area contributed by atoms with E-state index in [-0.39, 0.29) is 16.3 Å². The fraction of sp³-hybridized carbons (Fsp3) is 0.0556. The van der Waals surface area contributed by atoms with Crippen LogP contribution in [0.1, 0.15) is 15.9 Å². The van der Waals surface area contributed by atoms with Crippen LogP contribution in [0.4, 0.5) is 40.6 Å². The molecule has 14 heteroatoms. The molecule has 0 unspecified atom stereocenters. The van der Waals surface area contributed by atoms with Gasteiger partial charge in [0, 0.05) is 5.56 Å². The molecule has 0 aliphatic carbocycles. The first kappa shape index (κ1) is 22.7. The second kappa shape index (κ2) is 9.01. The van der Waals surface area contributed by atoms with Crippen LogP contribution in [0, 0.1) is 15.9 Å². The number of hydrogen-bond donors (Lipinski definition) is 3. The Morgan fingerprint density at radius 1 is 1.06 bits per heavy atom. The van der Waals surface area contributed by atoms with Gasteiger partial charge in [-0.05, 0) is 42.5 Å². The number of alkyl halides is 3. The maximum Gasteiger partial charge on any atom is 0.416 e. The lowest BCUT2D eigenvalue weighted by molar-refractivity contribution is -0.383. The molecule has 1 heterocycles. The fourth-order valence-corrected chi connectivity index (χ4v) is 2.61. The van der Waals surface area contributed by atoms with Crippen molar-refractivity contribution >= 4 is 40.5 Å². The smallest absolute Gasteiger partial charge is 0.333 e. The number of nitrogens with one attached hydrogen (secondary N) is 3. The summed E-state index contributed by atoms with van der Waals surface area (Å²) in [5.41, 5.74) is 2.34. The minimum absolute atomic E-state index is 0.0460. The number of carbonyl (C=O) groups is 1. The second-order valence-electron chi connectivity index (χ2n) is 6.08. The van der Waals surface area contributed by atoms with Crippen molar-refractivity contribution < 1.29 is 27.3 Å². The molecule has 2 aromatic carbocycles. The van der Waals surface area contributed by atoms with E-state index in [1.165, 1.54) is 12.1 Å². The highest BCUT2D eigenvalue weighted by Gasteiger charge is 2.31. The van der Waals surface area contributed by atoms with E-state index in [2.05, 4.69) is 26.1 Å². The molecule has 3 aromatic rings. The average Bonchev–Trinajstić information content (AvgIpc) is 2.73. The van der Waals surface area contributed by atoms with Crippen LogP contribution < -0.4 is 16.2 Å². The van der Waals surface area contributed by atoms with Gasteiger partial charge in [0.1, 0.15) is 12.1 Å². The summed E-state index contributed by atoms with van der Waals surface area (Å²) in [6.07, 6.45) is -3.79. The Bertz CT molecular complexity index is 1170. The number of nitro groups is 1. The molecule has 0 aliphatic rings. The van der Waals surface area contributed by atoms with Gasteiger partial charge >= 0.3 is 11.9 Å². The largest absolute Gasteiger partial charge is 0.416 e. The Kier molecular flexibility index (Phi) is 6.39. The zero-order valence-electron chi connectivity index (χ0n) is 15.6. The predicted molar refractivity (Wildman–Crippen MR) is 106 cm³/mol. The van der Waals surface area contributed by atoms with Gasteiger partial charge in [-0.1, -0.05) is 11.6 Å². The number of anilines is 3. The highest BCUT2D eigenvalue weighted by molar-refractivity contribution is 6.33. The molecule has 3 rings (SSSR count). The van der Waals surface area contributed by atoms with Crippen LogP contribution in [0.5, 0.6) is 0 Å². The SMILES string of the molecule is O=C(NNc1ncnc(Nc2cc(C(F)(F)F)ccc2Cl)c1[N+](=O)[O-])c1ccc(F)cc1. The van der Waals surface area contributed by atoms with Gasteiger partial charge in [-0.25, -0.2) is 14.4 Å². The summed E-state index contributed by atoms with van der Waals surface area (Å²) in [6, 6.07) is 6.84. The minimum Gasteiger partial charge on any atom is -0.333 e. The summed E-state index contributed by atoms with van der Waals surface area (Å²) in [5.74, 6) is -2.27. The van der Waals surface area contributed by atoms with Crippen LogP contribution in [0.2, 0.25) is 5.02 Å². The van der Waals surface area contributed by atoms with Crippen molar-refractivity contribution in [2.45, 2.75) is 6.18 Å². The van der Waals surface area contributed by atoms with Crippen LogP contribution in [-0.4, -0.2) is 20.8 Å². The van der Waals surface area contributed by atoms with Crippen molar-refractivity contribution in [2.24, 2.45) is 0 Å². The fourth-order valence-electron chi connectivity index (χ4n) is 2.45. The predicted octanol–water partition coefficient (Wildman–Crippen LogP) is 4.70. The van der Waals surface area contributed by atoms with Gasteiger partial charge < -0.3 is 5.32 Å². The average molecular weight is 471 g/mol. The van der Waals surface area contributed by atoms with Crippen LogP contribution in [0.3, 0.4) is 0 Å². The van der Waals surface area contributed by atoms with Crippen LogP contribution in [0.15, 0.2) is 48.8 Å². The molecule has 0 spiro atoms. The molecule has 166 valence electrons. The van der Waals surface area contributed by atoms with Crippen molar-refractivity contribution in [1.82, 2.24) is 15.4 Å². The van der Waals surface area contributed by atoms with E-state index in [9.17, 15) is 32.5 Å². The summed E-state index contributed by atoms with van der Waals surface area (Å²) in [7, 11) is 0. The lowest BCUT2D eigenvalue weighted by Gasteiger charge is -2.13. The number of hydrogen-bond acceptors (Lipinski definition) is 7. The van der Waals surface area contributed by atoms with Gasteiger partial charge in [-0.2, -0.15) is 13.2 Å². The minimum atomic E-state index is -4.67. The molecule has 3 N–H and O–H groups in total. The van der Waals surface area contributed by atoms with Gasteiger partial charge in [0.05, 0.1) is 21.2 Å². The molecular formula is C18H11ClF4N6O3. The molecule has 0 atom stereocenters. The van der Waals surface area contributed by atoms with Crippen molar-refractivity contribution in [1.29, 1.82) is 0 Å². The van der Waals surface area contributed by atoms with E-state index < -0.39 is 45.7 Å². The second-order valence-corrected chi connectivity index (χ2v) is 6.49. The van der Waals surface area contributed by atoms with E-state index in [4.69, 9.17) is 11.6 Å². The van der Waals surface area contributed by atoms with Crippen molar-refractivity contribution in [3.8, 4) is 0 Å². The summed E-state index contributed by atoms with van der Waals surface area (Å²) in [6.45, 7) is 0. The van der Waals surface area contributed by atoms with Gasteiger partial charge in [-0.3, -0.25) is 25.8 Å². The molecule has 1 amide bonds. The summed E-state index contributed by atoms with van der Waals surface area (Å²) in [5, 5.41) is 13.8. The van der Waals surface area contributed by atoms with E-state index >= 15 is 0 Å². The zero-order chi connectivity index (χ0) is 23.5. The Hall–Kier alpha value is -4.00. The van der Waals surface area contributed by atoms with E-state index in [1.54, 1.807) is 0 Å². The first-order chi connectivity index (χ1) is 15.1. The first-order valence-corrected chi connectivity index (χ1v) is 8.89. The number of aromatic nitrogens is 2. The highest BCUT2D eigenvalue weighted by Crippen LogP contribution is 2.37. The topological polar surface area (TPSA) is 122 Å². The Labute approximate surface area is 181 Å². The number of amides is 1. The number of rotatable bonds is 6. The monoisotopic (exact) mass is 470 g/mol. The number of hydrazine groups is 1. The van der Waals surface area contributed by atoms with Crippen LogP contribution >= 0.6 is 11.6 Å². The van der Waals surface area contributed by atoms with E-state index in [0.717, 1.165) is 30.6 Å². The number of carbonyl (C=O) groups excluding carboxylic acids is 1. The third kappa shape index (κ3) is 5.18. The van der Waals surface area contributed by atoms with Crippen molar-refractivity contribution in [3.63, 3.8) is 0 Å². The molecule has 0 aliphatic heterocycles. The lowest BCUT2D eigenvalue weighted by Crippen LogP contribution is -2.30. The molecule has 9 nitrogen and oxygen atoms in total. The number of nitrogens with zero attached hydrogens (tertiary/aromatic N) is 3. The third-order valence-electron chi connectivity index (χ3n) is 3.95. The van der Waals surface area contributed by atoms with E-state index in [0.29, 0.717) is 6.07 Å². The molecule has 0 saturated heterocycles. The molecule has 32 heavy (non-hydrogen) atoms. The normalized spacial score (nSPS) is 11.0. The summed E-state index contributed by atoms with van der Waals surface area (Å²) < 4.78 is 51.9. The molecular weight excluding hydrogens is 460 g/mol. The molecule has 0 bridgehead atoms. The van der Waals surface area contributed by atoms with Crippen LogP contribution in [0.25, 0.3) is 0 Å². The summed E-state index contributed by atoms with van der Waals surface area (Å²) in [4.78, 5) is 30.1. The number of halogens is 5. The Balaban J connectivity index is 1.88. The standard InChI is InChI=1S/C18H11ClF4N6O3/c19-12-6-3-10(18(21,22)23)7-13(12)26-15-14(29(31)32)16(25-8-24-15)27-28-17(30)9-1-4-11(20)5-2-9/h1-8H,(H,28,30)(H2,24,25,26,27). The van der Waals surface area contributed by atoms with Crippen LogP contribution in [-0.2, 0) is 6.18 Å². The molecule has 1 aromatic heterocycles. The van der Waals surface area contributed by atoms with E-state index in [1.807, 2.05) is 0 Å². The van der Waals surface area contributed by atoms with Gasteiger partial charge in [0.15, 0.2) is 0 Å². The Morgan fingerprint density at radius 2 is 1.72 bits per heavy atom. The quantitative estimate of drug-likeness (QED) is 0.271. The maximum atomic E-state index is 13.0. The number of benzene rings is 2. The lowest BCUT2D eigenvalue weighted by atomic mass is 10.2. The van der Waals surface area contributed by atoms with Gasteiger partial charge in [0.25, 0.3) is 5.91 Å². The Morgan fingerprint density at radius 3 is 2.34 bits per heavy atom. The van der Waals surface area contributed by atoms with Crippen molar-refractivity contribution in [2.75, 3.05) is 10.7 Å².